The lowest BCUT2D eigenvalue weighted by atomic mass is 10.2. The molecule has 0 saturated heterocycles. The van der Waals surface area contributed by atoms with Gasteiger partial charge in [0.05, 0.1) is 5.69 Å². The Labute approximate surface area is 159 Å². The predicted octanol–water partition coefficient (Wildman–Crippen LogP) is 6.02. The first kappa shape index (κ1) is 16.5. The summed E-state index contributed by atoms with van der Waals surface area (Å²) in [6.45, 7) is 2.03. The van der Waals surface area contributed by atoms with Crippen LogP contribution in [0.1, 0.15) is 11.1 Å². The third-order valence-electron chi connectivity index (χ3n) is 4.00. The van der Waals surface area contributed by atoms with E-state index in [1.54, 1.807) is 18.3 Å². The molecule has 0 unspecified atom stereocenters. The molecule has 0 saturated carbocycles. The molecule has 4 nitrogen and oxygen atoms in total. The topological polar surface area (TPSA) is 58.6 Å². The number of aliphatic imine (C=N–C) groups is 1. The first-order chi connectivity index (χ1) is 12.6. The summed E-state index contributed by atoms with van der Waals surface area (Å²) in [6, 6.07) is 18.8. The molecule has 0 aliphatic rings. The Hall–Kier alpha value is -2.92. The molecule has 26 heavy (non-hydrogen) atoms. The van der Waals surface area contributed by atoms with E-state index in [0.717, 1.165) is 32.4 Å². The molecule has 0 spiro atoms. The molecule has 0 aliphatic carbocycles. The maximum Gasteiger partial charge on any atom is 0.227 e. The molecule has 0 aliphatic heterocycles. The number of hydrogen-bond acceptors (Lipinski definition) is 4. The number of aromatic nitrogens is 1. The summed E-state index contributed by atoms with van der Waals surface area (Å²) in [6.07, 6.45) is 1.64. The Bertz CT molecular complexity index is 1110. The monoisotopic (exact) mass is 406 g/mol. The minimum absolute atomic E-state index is 0.190. The van der Waals surface area contributed by atoms with Gasteiger partial charge in [-0.15, -0.1) is 0 Å². The number of hydrogen-bond donors (Lipinski definition) is 1. The quantitative estimate of drug-likeness (QED) is 0.423. The molecule has 5 heteroatoms. The van der Waals surface area contributed by atoms with Gasteiger partial charge in [-0.25, -0.2) is 4.98 Å². The van der Waals surface area contributed by atoms with E-state index in [4.69, 9.17) is 4.42 Å². The van der Waals surface area contributed by atoms with Crippen LogP contribution in [0.4, 0.5) is 5.69 Å². The number of phenolic OH excluding ortho intramolecular Hbond substituents is 1. The molecule has 0 radical (unpaired) electrons. The average molecular weight is 407 g/mol. The second-order valence-corrected chi connectivity index (χ2v) is 6.91. The summed E-state index contributed by atoms with van der Waals surface area (Å²) in [5.41, 5.74) is 5.09. The number of phenols is 1. The highest BCUT2D eigenvalue weighted by Crippen LogP contribution is 2.27. The van der Waals surface area contributed by atoms with Crippen molar-refractivity contribution in [2.75, 3.05) is 0 Å². The minimum atomic E-state index is 0.190. The second kappa shape index (κ2) is 6.77. The Morgan fingerprint density at radius 1 is 1.04 bits per heavy atom. The highest BCUT2D eigenvalue weighted by molar-refractivity contribution is 9.10. The Kier molecular flexibility index (Phi) is 4.31. The van der Waals surface area contributed by atoms with E-state index < -0.39 is 0 Å². The zero-order valence-electron chi connectivity index (χ0n) is 14.0. The van der Waals surface area contributed by atoms with E-state index in [-0.39, 0.29) is 5.75 Å². The van der Waals surface area contributed by atoms with Gasteiger partial charge in [0.1, 0.15) is 11.3 Å². The smallest absolute Gasteiger partial charge is 0.227 e. The van der Waals surface area contributed by atoms with Crippen LogP contribution in [0.2, 0.25) is 0 Å². The molecule has 0 bridgehead atoms. The summed E-state index contributed by atoms with van der Waals surface area (Å²) in [5, 5.41) is 9.86. The molecular weight excluding hydrogens is 392 g/mol. The SMILES string of the molecule is Cc1ccc2nc(-c3ccc(N=Cc4cc(Br)ccc4O)cc3)oc2c1. The van der Waals surface area contributed by atoms with Crippen molar-refractivity contribution < 1.29 is 9.52 Å². The number of halogens is 1. The van der Waals surface area contributed by atoms with Crippen LogP contribution in [0, 0.1) is 6.92 Å². The van der Waals surface area contributed by atoms with Gasteiger partial charge in [0.2, 0.25) is 5.89 Å². The minimum Gasteiger partial charge on any atom is -0.507 e. The van der Waals surface area contributed by atoms with Crippen LogP contribution in [0.3, 0.4) is 0 Å². The molecule has 1 aromatic heterocycles. The van der Waals surface area contributed by atoms with Crippen molar-refractivity contribution in [3.05, 3.63) is 76.3 Å². The van der Waals surface area contributed by atoms with Crippen LogP contribution >= 0.6 is 15.9 Å². The van der Waals surface area contributed by atoms with E-state index in [1.807, 2.05) is 55.5 Å². The fourth-order valence-corrected chi connectivity index (χ4v) is 3.00. The van der Waals surface area contributed by atoms with Crippen molar-refractivity contribution in [1.29, 1.82) is 0 Å². The van der Waals surface area contributed by atoms with E-state index in [0.29, 0.717) is 11.5 Å². The number of nitrogens with zero attached hydrogens (tertiary/aromatic N) is 2. The zero-order valence-corrected chi connectivity index (χ0v) is 15.6. The molecular formula is C21H15BrN2O2. The highest BCUT2D eigenvalue weighted by Gasteiger charge is 2.08. The molecule has 4 aromatic rings. The van der Waals surface area contributed by atoms with Crippen LogP contribution in [-0.4, -0.2) is 16.3 Å². The highest BCUT2D eigenvalue weighted by atomic mass is 79.9. The molecule has 1 heterocycles. The maximum atomic E-state index is 9.86. The van der Waals surface area contributed by atoms with Gasteiger partial charge >= 0.3 is 0 Å². The molecule has 0 fully saturated rings. The van der Waals surface area contributed by atoms with E-state index in [1.165, 1.54) is 0 Å². The Morgan fingerprint density at radius 2 is 1.85 bits per heavy atom. The van der Waals surface area contributed by atoms with Gasteiger partial charge in [-0.1, -0.05) is 22.0 Å². The van der Waals surface area contributed by atoms with Crippen LogP contribution in [0.15, 0.2) is 74.5 Å². The number of benzene rings is 3. The van der Waals surface area contributed by atoms with Gasteiger partial charge in [-0.3, -0.25) is 4.99 Å². The third kappa shape index (κ3) is 3.39. The van der Waals surface area contributed by atoms with Crippen molar-refractivity contribution in [2.45, 2.75) is 6.92 Å². The molecule has 0 amide bonds. The normalized spacial score (nSPS) is 11.5. The van der Waals surface area contributed by atoms with Gasteiger partial charge in [-0.2, -0.15) is 0 Å². The fourth-order valence-electron chi connectivity index (χ4n) is 2.62. The summed E-state index contributed by atoms with van der Waals surface area (Å²) in [7, 11) is 0. The van der Waals surface area contributed by atoms with Crippen molar-refractivity contribution in [2.24, 2.45) is 4.99 Å². The van der Waals surface area contributed by atoms with E-state index in [2.05, 4.69) is 25.9 Å². The van der Waals surface area contributed by atoms with E-state index >= 15 is 0 Å². The first-order valence-electron chi connectivity index (χ1n) is 8.09. The van der Waals surface area contributed by atoms with Gasteiger partial charge in [0.15, 0.2) is 5.58 Å². The van der Waals surface area contributed by atoms with Crippen molar-refractivity contribution >= 4 is 38.9 Å². The summed E-state index contributed by atoms with van der Waals surface area (Å²) < 4.78 is 6.73. The maximum absolute atomic E-state index is 9.86. The Morgan fingerprint density at radius 3 is 2.65 bits per heavy atom. The predicted molar refractivity (Wildman–Crippen MR) is 107 cm³/mol. The largest absolute Gasteiger partial charge is 0.507 e. The van der Waals surface area contributed by atoms with Crippen molar-refractivity contribution in [1.82, 2.24) is 4.98 Å². The molecule has 1 N–H and O–H groups in total. The van der Waals surface area contributed by atoms with Crippen LogP contribution < -0.4 is 0 Å². The van der Waals surface area contributed by atoms with Gasteiger partial charge in [0, 0.05) is 21.8 Å². The summed E-state index contributed by atoms with van der Waals surface area (Å²) >= 11 is 3.39. The lowest BCUT2D eigenvalue weighted by Crippen LogP contribution is -1.82. The molecule has 4 rings (SSSR count). The number of rotatable bonds is 3. The Balaban J connectivity index is 1.59. The van der Waals surface area contributed by atoms with Crippen LogP contribution in [0.25, 0.3) is 22.6 Å². The molecule has 3 aromatic carbocycles. The van der Waals surface area contributed by atoms with Crippen LogP contribution in [0.5, 0.6) is 5.75 Å². The fraction of sp³-hybridized carbons (Fsp3) is 0.0476. The number of aromatic hydroxyl groups is 1. The van der Waals surface area contributed by atoms with Crippen molar-refractivity contribution in [3.8, 4) is 17.2 Å². The lowest BCUT2D eigenvalue weighted by Gasteiger charge is -2.00. The van der Waals surface area contributed by atoms with Crippen LogP contribution in [-0.2, 0) is 0 Å². The van der Waals surface area contributed by atoms with Crippen molar-refractivity contribution in [3.63, 3.8) is 0 Å². The first-order valence-corrected chi connectivity index (χ1v) is 8.88. The third-order valence-corrected chi connectivity index (χ3v) is 4.49. The van der Waals surface area contributed by atoms with E-state index in [9.17, 15) is 5.11 Å². The van der Waals surface area contributed by atoms with Gasteiger partial charge < -0.3 is 9.52 Å². The zero-order chi connectivity index (χ0) is 18.1. The summed E-state index contributed by atoms with van der Waals surface area (Å²) in [5.74, 6) is 0.779. The number of aryl methyl sites for hydroxylation is 1. The number of fused-ring (bicyclic) bond motifs is 1. The standard InChI is InChI=1S/C21H15BrN2O2/c1-13-2-8-18-20(10-13)26-21(24-18)14-3-6-17(7-4-14)23-12-15-11-16(22)5-9-19(15)25/h2-12,25H,1H3. The second-order valence-electron chi connectivity index (χ2n) is 6.00. The summed E-state index contributed by atoms with van der Waals surface area (Å²) in [4.78, 5) is 8.94. The molecule has 0 atom stereocenters. The van der Waals surface area contributed by atoms with Gasteiger partial charge in [-0.05, 0) is 67.1 Å². The van der Waals surface area contributed by atoms with Gasteiger partial charge in [0.25, 0.3) is 0 Å². The number of oxazole rings is 1. The average Bonchev–Trinajstić information content (AvgIpc) is 3.06. The molecule has 128 valence electrons. The lowest BCUT2D eigenvalue weighted by molar-refractivity contribution is 0.474.